The molecule has 0 bridgehead atoms. The van der Waals surface area contributed by atoms with Gasteiger partial charge in [-0.3, -0.25) is 4.79 Å². The SMILES string of the molecule is CO[NH2+]c1ccc2c(c1)C(C)(O)C(=O)N2C. The van der Waals surface area contributed by atoms with Crippen molar-refractivity contribution in [2.24, 2.45) is 0 Å². The zero-order chi connectivity index (χ0) is 11.9. The Labute approximate surface area is 93.6 Å². The Morgan fingerprint density at radius 1 is 1.50 bits per heavy atom. The maximum Gasteiger partial charge on any atom is 0.263 e. The maximum atomic E-state index is 11.8. The summed E-state index contributed by atoms with van der Waals surface area (Å²) in [6, 6.07) is 5.41. The molecule has 5 heteroatoms. The van der Waals surface area contributed by atoms with E-state index in [0.29, 0.717) is 5.56 Å². The number of benzene rings is 1. The summed E-state index contributed by atoms with van der Waals surface area (Å²) >= 11 is 0. The summed E-state index contributed by atoms with van der Waals surface area (Å²) in [6.07, 6.45) is 0. The van der Waals surface area contributed by atoms with E-state index in [1.807, 2.05) is 6.07 Å². The van der Waals surface area contributed by atoms with Crippen molar-refractivity contribution in [3.05, 3.63) is 23.8 Å². The zero-order valence-corrected chi connectivity index (χ0v) is 9.52. The number of amides is 1. The van der Waals surface area contributed by atoms with Crippen molar-refractivity contribution >= 4 is 17.3 Å². The molecule has 2 rings (SSSR count). The third kappa shape index (κ3) is 1.41. The van der Waals surface area contributed by atoms with Crippen LogP contribution in [0.15, 0.2) is 18.2 Å². The van der Waals surface area contributed by atoms with Gasteiger partial charge in [-0.25, -0.2) is 4.84 Å². The van der Waals surface area contributed by atoms with Gasteiger partial charge in [0.05, 0.1) is 12.8 Å². The van der Waals surface area contributed by atoms with Crippen molar-refractivity contribution in [3.8, 4) is 0 Å². The number of nitrogens with two attached hydrogens (primary N) is 1. The molecule has 1 heterocycles. The summed E-state index contributed by atoms with van der Waals surface area (Å²) in [6.45, 7) is 1.51. The number of carbonyl (C=O) groups is 1. The van der Waals surface area contributed by atoms with E-state index in [1.165, 1.54) is 11.8 Å². The molecule has 1 aromatic carbocycles. The molecule has 3 N–H and O–H groups in total. The van der Waals surface area contributed by atoms with E-state index in [-0.39, 0.29) is 5.91 Å². The minimum absolute atomic E-state index is 0.308. The Hall–Kier alpha value is -1.43. The van der Waals surface area contributed by atoms with Crippen LogP contribution >= 0.6 is 0 Å². The van der Waals surface area contributed by atoms with Gasteiger partial charge in [0.1, 0.15) is 0 Å². The molecular formula is C11H15N2O3+. The second-order valence-electron chi connectivity index (χ2n) is 4.07. The predicted molar refractivity (Wildman–Crippen MR) is 58.0 cm³/mol. The van der Waals surface area contributed by atoms with Gasteiger partial charge in [0.25, 0.3) is 5.91 Å². The first kappa shape index (κ1) is 11.1. The molecule has 0 saturated heterocycles. The van der Waals surface area contributed by atoms with E-state index < -0.39 is 5.60 Å². The number of hydrogen-bond acceptors (Lipinski definition) is 3. The normalized spacial score (nSPS) is 23.8. The molecule has 86 valence electrons. The zero-order valence-electron chi connectivity index (χ0n) is 9.52. The van der Waals surface area contributed by atoms with Crippen LogP contribution in [0.1, 0.15) is 12.5 Å². The van der Waals surface area contributed by atoms with Crippen molar-refractivity contribution in [1.29, 1.82) is 0 Å². The second kappa shape index (κ2) is 3.55. The third-order valence-electron chi connectivity index (χ3n) is 2.88. The van der Waals surface area contributed by atoms with E-state index in [4.69, 9.17) is 4.84 Å². The smallest absolute Gasteiger partial charge is 0.263 e. The molecule has 0 fully saturated rings. The molecule has 5 nitrogen and oxygen atoms in total. The van der Waals surface area contributed by atoms with Gasteiger partial charge >= 0.3 is 0 Å². The fourth-order valence-electron chi connectivity index (χ4n) is 2.00. The number of anilines is 1. The standard InChI is InChI=1S/C11H14N2O3/c1-11(15)8-6-7(12-16-3)4-5-9(8)13(2)10(11)14/h4-6,12,15H,1-3H3/p+1. The van der Waals surface area contributed by atoms with Gasteiger partial charge in [-0.2, -0.15) is 5.48 Å². The fourth-order valence-corrected chi connectivity index (χ4v) is 2.00. The molecule has 1 aromatic rings. The summed E-state index contributed by atoms with van der Waals surface area (Å²) < 4.78 is 0. The molecule has 0 spiro atoms. The molecule has 1 unspecified atom stereocenters. The molecular weight excluding hydrogens is 208 g/mol. The molecule has 1 aliphatic heterocycles. The van der Waals surface area contributed by atoms with Crippen LogP contribution in [-0.4, -0.2) is 25.2 Å². The first-order chi connectivity index (χ1) is 7.48. The number of likely N-dealkylation sites (N-methyl/N-ethyl adjacent to an activating group) is 1. The number of fused-ring (bicyclic) bond motifs is 1. The van der Waals surface area contributed by atoms with E-state index in [9.17, 15) is 9.90 Å². The number of hydrogen-bond donors (Lipinski definition) is 2. The number of carbonyl (C=O) groups excluding carboxylic acids is 1. The van der Waals surface area contributed by atoms with Crippen LogP contribution in [0.4, 0.5) is 11.4 Å². The van der Waals surface area contributed by atoms with Gasteiger partial charge in [-0.05, 0) is 13.0 Å². The second-order valence-corrected chi connectivity index (χ2v) is 4.07. The van der Waals surface area contributed by atoms with Crippen LogP contribution in [0, 0.1) is 0 Å². The van der Waals surface area contributed by atoms with E-state index in [1.54, 1.807) is 31.8 Å². The average Bonchev–Trinajstić information content (AvgIpc) is 2.42. The van der Waals surface area contributed by atoms with Gasteiger partial charge in [-0.15, -0.1) is 0 Å². The van der Waals surface area contributed by atoms with Crippen LogP contribution in [0.25, 0.3) is 0 Å². The third-order valence-corrected chi connectivity index (χ3v) is 2.88. The van der Waals surface area contributed by atoms with E-state index in [0.717, 1.165) is 11.4 Å². The topological polar surface area (TPSA) is 66.4 Å². The first-order valence-corrected chi connectivity index (χ1v) is 4.99. The number of nitrogens with zero attached hydrogens (tertiary/aromatic N) is 1. The van der Waals surface area contributed by atoms with Gasteiger partial charge in [-0.1, -0.05) is 0 Å². The lowest BCUT2D eigenvalue weighted by Crippen LogP contribution is -2.75. The number of quaternary nitrogens is 1. The highest BCUT2D eigenvalue weighted by molar-refractivity contribution is 6.06. The van der Waals surface area contributed by atoms with Crippen molar-refractivity contribution in [2.75, 3.05) is 19.1 Å². The van der Waals surface area contributed by atoms with Crippen molar-refractivity contribution < 1.29 is 20.2 Å². The van der Waals surface area contributed by atoms with Crippen LogP contribution in [-0.2, 0) is 15.2 Å². The average molecular weight is 223 g/mol. The van der Waals surface area contributed by atoms with Crippen molar-refractivity contribution in [3.63, 3.8) is 0 Å². The van der Waals surface area contributed by atoms with Crippen LogP contribution in [0.2, 0.25) is 0 Å². The largest absolute Gasteiger partial charge is 0.375 e. The minimum atomic E-state index is -1.44. The van der Waals surface area contributed by atoms with Crippen LogP contribution in [0.3, 0.4) is 0 Å². The Morgan fingerprint density at radius 2 is 2.19 bits per heavy atom. The highest BCUT2D eigenvalue weighted by Gasteiger charge is 2.44. The van der Waals surface area contributed by atoms with Gasteiger partial charge in [0, 0.05) is 24.7 Å². The fraction of sp³-hybridized carbons (Fsp3) is 0.364. The van der Waals surface area contributed by atoms with Crippen molar-refractivity contribution in [1.82, 2.24) is 0 Å². The number of rotatable bonds is 2. The molecule has 0 aromatic heterocycles. The molecule has 1 amide bonds. The van der Waals surface area contributed by atoms with Gasteiger partial charge < -0.3 is 10.0 Å². The lowest BCUT2D eigenvalue weighted by molar-refractivity contribution is -0.830. The monoisotopic (exact) mass is 223 g/mol. The first-order valence-electron chi connectivity index (χ1n) is 4.99. The molecule has 0 aliphatic carbocycles. The Kier molecular flexibility index (Phi) is 2.46. The minimum Gasteiger partial charge on any atom is -0.375 e. The van der Waals surface area contributed by atoms with Gasteiger partial charge in [0.15, 0.2) is 11.3 Å². The summed E-state index contributed by atoms with van der Waals surface area (Å²) in [5.41, 5.74) is 2.31. The summed E-state index contributed by atoms with van der Waals surface area (Å²) in [5.74, 6) is -0.308. The highest BCUT2D eigenvalue weighted by atomic mass is 16.6. The number of aliphatic hydroxyl groups is 1. The molecule has 16 heavy (non-hydrogen) atoms. The highest BCUT2D eigenvalue weighted by Crippen LogP contribution is 2.39. The van der Waals surface area contributed by atoms with Crippen LogP contribution < -0.4 is 10.4 Å². The van der Waals surface area contributed by atoms with E-state index in [2.05, 4.69) is 0 Å². The summed E-state index contributed by atoms with van der Waals surface area (Å²) in [7, 11) is 3.21. The Morgan fingerprint density at radius 3 is 2.81 bits per heavy atom. The molecule has 0 radical (unpaired) electrons. The molecule has 1 aliphatic rings. The summed E-state index contributed by atoms with van der Waals surface area (Å²) in [4.78, 5) is 18.2. The lowest BCUT2D eigenvalue weighted by Gasteiger charge is -2.15. The van der Waals surface area contributed by atoms with Crippen LogP contribution in [0.5, 0.6) is 0 Å². The van der Waals surface area contributed by atoms with E-state index >= 15 is 0 Å². The predicted octanol–water partition coefficient (Wildman–Crippen LogP) is -0.373. The quantitative estimate of drug-likeness (QED) is 0.531. The lowest BCUT2D eigenvalue weighted by atomic mass is 9.97. The molecule has 1 atom stereocenters. The van der Waals surface area contributed by atoms with Gasteiger partial charge in [0.2, 0.25) is 0 Å². The molecule has 0 saturated carbocycles. The summed E-state index contributed by atoms with van der Waals surface area (Å²) in [5, 5.41) is 10.1. The Balaban J connectivity index is 2.52. The Bertz CT molecular complexity index is 443. The maximum absolute atomic E-state index is 11.8. The van der Waals surface area contributed by atoms with Crippen molar-refractivity contribution in [2.45, 2.75) is 12.5 Å².